The molecule has 0 aromatic rings. The second-order valence-electron chi connectivity index (χ2n) is 12.7. The highest BCUT2D eigenvalue weighted by Crippen LogP contribution is 2.18. The van der Waals surface area contributed by atoms with Crippen molar-refractivity contribution in [2.45, 2.75) is 200 Å². The first-order chi connectivity index (χ1) is 22.1. The summed E-state index contributed by atoms with van der Waals surface area (Å²) in [6.07, 6.45) is 48.3. The summed E-state index contributed by atoms with van der Waals surface area (Å²) in [5, 5.41) is 8.81. The Balaban J connectivity index is 4.17. The molecule has 0 heterocycles. The van der Waals surface area contributed by atoms with Gasteiger partial charge in [-0.15, -0.1) is 0 Å². The lowest BCUT2D eigenvalue weighted by Crippen LogP contribution is -2.18. The average Bonchev–Trinajstić information content (AvgIpc) is 3.02. The van der Waals surface area contributed by atoms with Gasteiger partial charge in [0, 0.05) is 12.8 Å². The number of carboxylic acid groups (broad SMARTS) is 1. The Labute approximate surface area is 279 Å². The summed E-state index contributed by atoms with van der Waals surface area (Å²) in [7, 11) is 0. The van der Waals surface area contributed by atoms with Crippen molar-refractivity contribution in [3.05, 3.63) is 48.6 Å². The molecule has 0 aromatic heterocycles. The number of carbonyl (C=O) groups is 2. The van der Waals surface area contributed by atoms with Gasteiger partial charge in [0.15, 0.2) is 0 Å². The Bertz CT molecular complexity index is 763. The van der Waals surface area contributed by atoms with Crippen molar-refractivity contribution in [3.8, 4) is 0 Å². The number of carboxylic acids is 1. The molecule has 4 heteroatoms. The number of unbranched alkanes of at least 4 members (excludes halogenated alkanes) is 17. The smallest absolute Gasteiger partial charge is 0.306 e. The molecule has 0 amide bonds. The van der Waals surface area contributed by atoms with Gasteiger partial charge in [-0.25, -0.2) is 0 Å². The minimum absolute atomic E-state index is 0.0197. The van der Waals surface area contributed by atoms with Crippen LogP contribution in [0.4, 0.5) is 0 Å². The van der Waals surface area contributed by atoms with Crippen molar-refractivity contribution >= 4 is 11.9 Å². The lowest BCUT2D eigenvalue weighted by Gasteiger charge is -2.18. The van der Waals surface area contributed by atoms with E-state index in [9.17, 15) is 9.59 Å². The number of hydrogen-bond donors (Lipinski definition) is 1. The standard InChI is InChI=1S/C41H72O4/c1-3-5-7-9-11-13-15-17-18-19-20-22-24-27-31-35-39(36-32-28-26-29-33-37-40(42)43)45-41(44)38-34-30-25-23-21-16-14-12-10-8-6-4-2/h5,7,11,13,17-18,20,22,39H,3-4,6,8-10,12,14-16,19,21,23-38H2,1-2H3,(H,42,43)/b7-5-,13-11-,18-17-,22-20-. The molecule has 1 unspecified atom stereocenters. The Hall–Kier alpha value is -2.10. The summed E-state index contributed by atoms with van der Waals surface area (Å²) in [6.45, 7) is 4.43. The van der Waals surface area contributed by atoms with Crippen molar-refractivity contribution in [1.29, 1.82) is 0 Å². The molecule has 0 saturated heterocycles. The molecule has 0 radical (unpaired) electrons. The fourth-order valence-corrected chi connectivity index (χ4v) is 5.53. The summed E-state index contributed by atoms with van der Waals surface area (Å²) < 4.78 is 5.98. The highest BCUT2D eigenvalue weighted by atomic mass is 16.5. The first kappa shape index (κ1) is 42.9. The number of ether oxygens (including phenoxy) is 1. The molecule has 0 aliphatic carbocycles. The quantitative estimate of drug-likeness (QED) is 0.0437. The monoisotopic (exact) mass is 629 g/mol. The Morgan fingerprint density at radius 3 is 1.44 bits per heavy atom. The highest BCUT2D eigenvalue weighted by molar-refractivity contribution is 5.69. The molecule has 4 nitrogen and oxygen atoms in total. The van der Waals surface area contributed by atoms with Gasteiger partial charge in [-0.1, -0.05) is 152 Å². The van der Waals surface area contributed by atoms with Crippen molar-refractivity contribution < 1.29 is 19.4 Å². The van der Waals surface area contributed by atoms with Crippen molar-refractivity contribution in [2.75, 3.05) is 0 Å². The molecule has 0 aliphatic rings. The van der Waals surface area contributed by atoms with Crippen LogP contribution in [-0.2, 0) is 14.3 Å². The maximum Gasteiger partial charge on any atom is 0.306 e. The van der Waals surface area contributed by atoms with Gasteiger partial charge >= 0.3 is 11.9 Å². The number of aliphatic carboxylic acids is 1. The third kappa shape index (κ3) is 36.2. The van der Waals surface area contributed by atoms with Gasteiger partial charge in [0.2, 0.25) is 0 Å². The van der Waals surface area contributed by atoms with E-state index in [1.807, 2.05) is 0 Å². The summed E-state index contributed by atoms with van der Waals surface area (Å²) in [4.78, 5) is 23.3. The van der Waals surface area contributed by atoms with Crippen molar-refractivity contribution in [1.82, 2.24) is 0 Å². The molecular formula is C41H72O4. The molecule has 260 valence electrons. The Morgan fingerprint density at radius 2 is 0.933 bits per heavy atom. The third-order valence-electron chi connectivity index (χ3n) is 8.32. The van der Waals surface area contributed by atoms with E-state index in [1.165, 1.54) is 64.2 Å². The number of rotatable bonds is 34. The topological polar surface area (TPSA) is 63.6 Å². The lowest BCUT2D eigenvalue weighted by atomic mass is 10.0. The fourth-order valence-electron chi connectivity index (χ4n) is 5.53. The average molecular weight is 629 g/mol. The maximum atomic E-state index is 12.6. The molecule has 45 heavy (non-hydrogen) atoms. The largest absolute Gasteiger partial charge is 0.481 e. The van der Waals surface area contributed by atoms with Crippen LogP contribution in [0.3, 0.4) is 0 Å². The Morgan fingerprint density at radius 1 is 0.511 bits per heavy atom. The van der Waals surface area contributed by atoms with E-state index in [2.05, 4.69) is 62.5 Å². The molecule has 1 N–H and O–H groups in total. The molecule has 0 rings (SSSR count). The van der Waals surface area contributed by atoms with E-state index in [4.69, 9.17) is 9.84 Å². The fraction of sp³-hybridized carbons (Fsp3) is 0.756. The van der Waals surface area contributed by atoms with E-state index in [1.54, 1.807) is 0 Å². The predicted octanol–water partition coefficient (Wildman–Crippen LogP) is 13.2. The first-order valence-electron chi connectivity index (χ1n) is 19.1. The SMILES string of the molecule is CC/C=C\C/C=C\C/C=C\C/C=C\CCCCC(CCCCCCCC(=O)O)OC(=O)CCCCCCCCCCCCCC. The van der Waals surface area contributed by atoms with Gasteiger partial charge in [0.25, 0.3) is 0 Å². The van der Waals surface area contributed by atoms with Crippen LogP contribution >= 0.6 is 0 Å². The number of allylic oxidation sites excluding steroid dienone is 8. The van der Waals surface area contributed by atoms with Crippen molar-refractivity contribution in [3.63, 3.8) is 0 Å². The number of hydrogen-bond acceptors (Lipinski definition) is 3. The summed E-state index contributed by atoms with van der Waals surface area (Å²) in [5.74, 6) is -0.729. The zero-order valence-electron chi connectivity index (χ0n) is 29.7. The van der Waals surface area contributed by atoms with E-state index in [0.717, 1.165) is 103 Å². The van der Waals surface area contributed by atoms with Crippen molar-refractivity contribution in [2.24, 2.45) is 0 Å². The molecular weight excluding hydrogens is 556 g/mol. The summed E-state index contributed by atoms with van der Waals surface area (Å²) >= 11 is 0. The van der Waals surface area contributed by atoms with Crippen LogP contribution in [0, 0.1) is 0 Å². The predicted molar refractivity (Wildman–Crippen MR) is 195 cm³/mol. The molecule has 0 aromatic carbocycles. The normalized spacial score (nSPS) is 12.8. The minimum Gasteiger partial charge on any atom is -0.481 e. The number of esters is 1. The molecule has 1 atom stereocenters. The lowest BCUT2D eigenvalue weighted by molar-refractivity contribution is -0.150. The summed E-state index contributed by atoms with van der Waals surface area (Å²) in [6, 6.07) is 0. The van der Waals surface area contributed by atoms with E-state index < -0.39 is 5.97 Å². The zero-order chi connectivity index (χ0) is 32.9. The van der Waals surface area contributed by atoms with Crippen LogP contribution in [0.5, 0.6) is 0 Å². The van der Waals surface area contributed by atoms with Crippen LogP contribution in [0.1, 0.15) is 194 Å². The van der Waals surface area contributed by atoms with Gasteiger partial charge in [0.05, 0.1) is 0 Å². The second-order valence-corrected chi connectivity index (χ2v) is 12.7. The van der Waals surface area contributed by atoms with Gasteiger partial charge in [-0.2, -0.15) is 0 Å². The van der Waals surface area contributed by atoms with Crippen LogP contribution in [0.15, 0.2) is 48.6 Å². The molecule has 0 aliphatic heterocycles. The van der Waals surface area contributed by atoms with E-state index >= 15 is 0 Å². The molecule has 0 saturated carbocycles. The van der Waals surface area contributed by atoms with Gasteiger partial charge in [-0.3, -0.25) is 9.59 Å². The zero-order valence-corrected chi connectivity index (χ0v) is 29.7. The van der Waals surface area contributed by atoms with Gasteiger partial charge < -0.3 is 9.84 Å². The Kier molecular flexibility index (Phi) is 34.7. The molecule has 0 fully saturated rings. The van der Waals surface area contributed by atoms with Crippen LogP contribution in [-0.4, -0.2) is 23.1 Å². The third-order valence-corrected chi connectivity index (χ3v) is 8.32. The van der Waals surface area contributed by atoms with E-state index in [0.29, 0.717) is 6.42 Å². The maximum absolute atomic E-state index is 12.6. The molecule has 0 bridgehead atoms. The first-order valence-corrected chi connectivity index (χ1v) is 19.1. The van der Waals surface area contributed by atoms with E-state index in [-0.39, 0.29) is 18.5 Å². The van der Waals surface area contributed by atoms with Gasteiger partial charge in [-0.05, 0) is 77.0 Å². The van der Waals surface area contributed by atoms with Crippen LogP contribution in [0.2, 0.25) is 0 Å². The van der Waals surface area contributed by atoms with Crippen LogP contribution in [0.25, 0.3) is 0 Å². The second kappa shape index (κ2) is 36.4. The van der Waals surface area contributed by atoms with Crippen LogP contribution < -0.4 is 0 Å². The number of carbonyl (C=O) groups excluding carboxylic acids is 1. The molecule has 0 spiro atoms. The summed E-state index contributed by atoms with van der Waals surface area (Å²) in [5.41, 5.74) is 0. The minimum atomic E-state index is -0.708. The highest BCUT2D eigenvalue weighted by Gasteiger charge is 2.14. The van der Waals surface area contributed by atoms with Gasteiger partial charge in [0.1, 0.15) is 6.10 Å².